The predicted octanol–water partition coefficient (Wildman–Crippen LogP) is 3.36. The highest BCUT2D eigenvalue weighted by atomic mass is 79.9. The lowest BCUT2D eigenvalue weighted by molar-refractivity contribution is -0.142. The lowest BCUT2D eigenvalue weighted by atomic mass is 10.2. The van der Waals surface area contributed by atoms with Gasteiger partial charge < -0.3 is 4.74 Å². The summed E-state index contributed by atoms with van der Waals surface area (Å²) < 4.78 is 5.51. The van der Waals surface area contributed by atoms with Crippen molar-refractivity contribution in [1.82, 2.24) is 4.98 Å². The van der Waals surface area contributed by atoms with E-state index in [-0.39, 0.29) is 11.7 Å². The van der Waals surface area contributed by atoms with Gasteiger partial charge in [0.2, 0.25) is 0 Å². The summed E-state index contributed by atoms with van der Waals surface area (Å²) in [7, 11) is 0. The van der Waals surface area contributed by atoms with Crippen LogP contribution in [0.2, 0.25) is 5.02 Å². The number of esters is 1. The number of aromatic nitrogens is 1. The van der Waals surface area contributed by atoms with Crippen molar-refractivity contribution in [3.63, 3.8) is 0 Å². The molecule has 6 heteroatoms. The third-order valence-corrected chi connectivity index (χ3v) is 2.59. The standard InChI is InChI=1S/C12H10BrClN2O2/c1-7(2)18-12(17)8(5-15)3-9-6-16-11(13)4-10(9)14/h3-4,6-7H,1-2H3/b8-3+. The number of halogens is 2. The van der Waals surface area contributed by atoms with Gasteiger partial charge in [0.05, 0.1) is 11.1 Å². The second-order valence-electron chi connectivity index (χ2n) is 3.65. The van der Waals surface area contributed by atoms with Gasteiger partial charge in [-0.2, -0.15) is 5.26 Å². The van der Waals surface area contributed by atoms with Gasteiger partial charge in [0.15, 0.2) is 0 Å². The summed E-state index contributed by atoms with van der Waals surface area (Å²) in [5.74, 6) is -0.675. The average Bonchev–Trinajstić information content (AvgIpc) is 2.27. The molecule has 0 aliphatic heterocycles. The minimum absolute atomic E-state index is 0.116. The third kappa shape index (κ3) is 4.13. The van der Waals surface area contributed by atoms with Crippen LogP contribution >= 0.6 is 27.5 Å². The highest BCUT2D eigenvalue weighted by Crippen LogP contribution is 2.21. The summed E-state index contributed by atoms with van der Waals surface area (Å²) in [6.07, 6.45) is 2.53. The van der Waals surface area contributed by atoms with E-state index < -0.39 is 5.97 Å². The summed E-state index contributed by atoms with van der Waals surface area (Å²) in [6.45, 7) is 3.42. The van der Waals surface area contributed by atoms with Gasteiger partial charge in [0.1, 0.15) is 16.2 Å². The Morgan fingerprint density at radius 2 is 2.33 bits per heavy atom. The van der Waals surface area contributed by atoms with Gasteiger partial charge in [-0.1, -0.05) is 11.6 Å². The van der Waals surface area contributed by atoms with Gasteiger partial charge in [0.25, 0.3) is 0 Å². The Labute approximate surface area is 118 Å². The van der Waals surface area contributed by atoms with Crippen molar-refractivity contribution >= 4 is 39.6 Å². The summed E-state index contributed by atoms with van der Waals surface area (Å²) in [4.78, 5) is 15.6. The molecule has 18 heavy (non-hydrogen) atoms. The Kier molecular flexibility index (Phi) is 5.32. The molecule has 0 fully saturated rings. The first-order valence-electron chi connectivity index (χ1n) is 5.08. The fourth-order valence-electron chi connectivity index (χ4n) is 1.09. The predicted molar refractivity (Wildman–Crippen MR) is 71.8 cm³/mol. The molecular weight excluding hydrogens is 320 g/mol. The molecular formula is C12H10BrClN2O2. The summed E-state index contributed by atoms with van der Waals surface area (Å²) >= 11 is 9.13. The van der Waals surface area contributed by atoms with Crippen molar-refractivity contribution in [1.29, 1.82) is 5.26 Å². The zero-order valence-corrected chi connectivity index (χ0v) is 12.1. The van der Waals surface area contributed by atoms with E-state index in [2.05, 4.69) is 20.9 Å². The Bertz CT molecular complexity index is 535. The van der Waals surface area contributed by atoms with E-state index in [0.29, 0.717) is 15.2 Å². The third-order valence-electron chi connectivity index (χ3n) is 1.83. The Balaban J connectivity index is 3.05. The van der Waals surface area contributed by atoms with Gasteiger partial charge in [-0.25, -0.2) is 9.78 Å². The number of hydrogen-bond donors (Lipinski definition) is 0. The smallest absolute Gasteiger partial charge is 0.349 e. The van der Waals surface area contributed by atoms with Crippen LogP contribution in [0.25, 0.3) is 6.08 Å². The van der Waals surface area contributed by atoms with Crippen LogP contribution in [0.5, 0.6) is 0 Å². The van der Waals surface area contributed by atoms with E-state index in [9.17, 15) is 4.79 Å². The molecule has 1 aromatic heterocycles. The lowest BCUT2D eigenvalue weighted by Gasteiger charge is -2.06. The molecule has 0 spiro atoms. The Morgan fingerprint density at radius 3 is 2.83 bits per heavy atom. The average molecular weight is 330 g/mol. The second-order valence-corrected chi connectivity index (χ2v) is 4.87. The maximum Gasteiger partial charge on any atom is 0.349 e. The lowest BCUT2D eigenvalue weighted by Crippen LogP contribution is -2.12. The largest absolute Gasteiger partial charge is 0.459 e. The zero-order chi connectivity index (χ0) is 13.7. The number of nitrogens with zero attached hydrogens (tertiary/aromatic N) is 2. The molecule has 94 valence electrons. The minimum atomic E-state index is -0.675. The number of carbonyl (C=O) groups excluding carboxylic acids is 1. The molecule has 0 N–H and O–H groups in total. The van der Waals surface area contributed by atoms with Crippen LogP contribution in [0.1, 0.15) is 19.4 Å². The topological polar surface area (TPSA) is 63.0 Å². The first-order chi connectivity index (χ1) is 8.43. The number of pyridine rings is 1. The van der Waals surface area contributed by atoms with Crippen LogP contribution in [0, 0.1) is 11.3 Å². The molecule has 0 atom stereocenters. The maximum atomic E-state index is 11.6. The molecule has 0 aliphatic carbocycles. The quantitative estimate of drug-likeness (QED) is 0.369. The van der Waals surface area contributed by atoms with Crippen molar-refractivity contribution in [3.05, 3.63) is 33.0 Å². The molecule has 0 saturated heterocycles. The first kappa shape index (κ1) is 14.7. The van der Waals surface area contributed by atoms with Gasteiger partial charge >= 0.3 is 5.97 Å². The summed E-state index contributed by atoms with van der Waals surface area (Å²) in [5, 5.41) is 9.31. The fourth-order valence-corrected chi connectivity index (χ4v) is 1.76. The second kappa shape index (κ2) is 6.53. The molecule has 0 amide bonds. The maximum absolute atomic E-state index is 11.6. The SMILES string of the molecule is CC(C)OC(=O)/C(C#N)=C/c1cnc(Br)cc1Cl. The Morgan fingerprint density at radius 1 is 1.67 bits per heavy atom. The fraction of sp³-hybridized carbons (Fsp3) is 0.250. The van der Waals surface area contributed by atoms with Crippen LogP contribution in [-0.4, -0.2) is 17.1 Å². The summed E-state index contributed by atoms with van der Waals surface area (Å²) in [6, 6.07) is 3.37. The van der Waals surface area contributed by atoms with Crippen LogP contribution in [0.15, 0.2) is 22.4 Å². The van der Waals surface area contributed by atoms with Gasteiger partial charge in [-0.15, -0.1) is 0 Å². The van der Waals surface area contributed by atoms with Crippen molar-refractivity contribution in [3.8, 4) is 6.07 Å². The van der Waals surface area contributed by atoms with E-state index in [1.165, 1.54) is 12.3 Å². The molecule has 1 heterocycles. The molecule has 4 nitrogen and oxygen atoms in total. The molecule has 0 radical (unpaired) electrons. The number of carbonyl (C=O) groups is 1. The van der Waals surface area contributed by atoms with Gasteiger partial charge in [-0.3, -0.25) is 0 Å². The van der Waals surface area contributed by atoms with E-state index in [1.807, 2.05) is 0 Å². The molecule has 1 rings (SSSR count). The number of ether oxygens (including phenoxy) is 1. The zero-order valence-electron chi connectivity index (χ0n) is 9.78. The van der Waals surface area contributed by atoms with E-state index in [0.717, 1.165) is 0 Å². The number of nitriles is 1. The highest BCUT2D eigenvalue weighted by molar-refractivity contribution is 9.10. The van der Waals surface area contributed by atoms with Crippen molar-refractivity contribution < 1.29 is 9.53 Å². The monoisotopic (exact) mass is 328 g/mol. The van der Waals surface area contributed by atoms with E-state index >= 15 is 0 Å². The van der Waals surface area contributed by atoms with Crippen molar-refractivity contribution in [2.75, 3.05) is 0 Å². The molecule has 1 aromatic rings. The minimum Gasteiger partial charge on any atom is -0.459 e. The summed E-state index contributed by atoms with van der Waals surface area (Å²) in [5.41, 5.74) is 0.367. The van der Waals surface area contributed by atoms with Gasteiger partial charge in [0, 0.05) is 11.8 Å². The molecule has 0 aromatic carbocycles. The van der Waals surface area contributed by atoms with Crippen molar-refractivity contribution in [2.24, 2.45) is 0 Å². The Hall–Kier alpha value is -1.38. The van der Waals surface area contributed by atoms with Crippen LogP contribution in [0.3, 0.4) is 0 Å². The van der Waals surface area contributed by atoms with Gasteiger partial charge in [-0.05, 0) is 41.9 Å². The van der Waals surface area contributed by atoms with Crippen LogP contribution < -0.4 is 0 Å². The number of rotatable bonds is 3. The molecule has 0 bridgehead atoms. The van der Waals surface area contributed by atoms with E-state index in [1.54, 1.807) is 26.0 Å². The van der Waals surface area contributed by atoms with Crippen LogP contribution in [-0.2, 0) is 9.53 Å². The molecule has 0 saturated carbocycles. The molecule has 0 unspecified atom stereocenters. The molecule has 0 aliphatic rings. The van der Waals surface area contributed by atoms with E-state index in [4.69, 9.17) is 21.6 Å². The highest BCUT2D eigenvalue weighted by Gasteiger charge is 2.13. The first-order valence-corrected chi connectivity index (χ1v) is 6.25. The van der Waals surface area contributed by atoms with Crippen molar-refractivity contribution in [2.45, 2.75) is 20.0 Å². The normalized spacial score (nSPS) is 11.2. The number of hydrogen-bond acceptors (Lipinski definition) is 4. The van der Waals surface area contributed by atoms with Crippen LogP contribution in [0.4, 0.5) is 0 Å².